The van der Waals surface area contributed by atoms with Crippen LogP contribution >= 0.6 is 12.2 Å². The number of aromatic nitrogens is 2. The van der Waals surface area contributed by atoms with E-state index in [0.717, 1.165) is 67.9 Å². The van der Waals surface area contributed by atoms with E-state index in [1.165, 1.54) is 56.2 Å². The van der Waals surface area contributed by atoms with Crippen molar-refractivity contribution in [3.05, 3.63) is 11.3 Å². The zero-order valence-electron chi connectivity index (χ0n) is 19.4. The summed E-state index contributed by atoms with van der Waals surface area (Å²) in [5.41, 5.74) is 2.60. The first-order valence-electron chi connectivity index (χ1n) is 12.5. The number of nitrogens with one attached hydrogen (secondary N) is 3. The van der Waals surface area contributed by atoms with Gasteiger partial charge in [-0.15, -0.1) is 0 Å². The maximum atomic E-state index is 5.57. The van der Waals surface area contributed by atoms with Gasteiger partial charge in [0, 0.05) is 38.3 Å². The molecule has 1 aromatic heterocycles. The van der Waals surface area contributed by atoms with Crippen molar-refractivity contribution in [1.82, 2.24) is 20.6 Å². The van der Waals surface area contributed by atoms with Crippen LogP contribution in [-0.2, 0) is 12.8 Å². The van der Waals surface area contributed by atoms with E-state index in [-0.39, 0.29) is 0 Å². The third-order valence-corrected chi connectivity index (χ3v) is 7.52. The van der Waals surface area contributed by atoms with Crippen molar-refractivity contribution in [2.45, 2.75) is 95.6 Å². The van der Waals surface area contributed by atoms with Crippen molar-refractivity contribution in [1.29, 1.82) is 0 Å². The third-order valence-electron chi connectivity index (χ3n) is 7.26. The van der Waals surface area contributed by atoms with Crippen LogP contribution in [0, 0.1) is 5.92 Å². The topological polar surface area (TPSA) is 65.1 Å². The van der Waals surface area contributed by atoms with Crippen LogP contribution < -0.4 is 20.9 Å². The van der Waals surface area contributed by atoms with Crippen LogP contribution in [0.3, 0.4) is 0 Å². The molecule has 2 saturated carbocycles. The molecule has 0 aromatic carbocycles. The molecule has 7 heteroatoms. The van der Waals surface area contributed by atoms with Crippen molar-refractivity contribution >= 4 is 29.1 Å². The van der Waals surface area contributed by atoms with Crippen molar-refractivity contribution in [3.63, 3.8) is 0 Å². The van der Waals surface area contributed by atoms with Gasteiger partial charge in [-0.05, 0) is 82.3 Å². The van der Waals surface area contributed by atoms with Crippen LogP contribution in [0.4, 0.5) is 11.8 Å². The second kappa shape index (κ2) is 10.8. The molecule has 0 atom stereocenters. The van der Waals surface area contributed by atoms with Gasteiger partial charge >= 0.3 is 0 Å². The van der Waals surface area contributed by atoms with Crippen LogP contribution in [0.1, 0.15) is 81.9 Å². The first-order valence-corrected chi connectivity index (χ1v) is 12.9. The van der Waals surface area contributed by atoms with Crippen molar-refractivity contribution in [3.8, 4) is 0 Å². The molecule has 0 amide bonds. The molecule has 1 heterocycles. The number of fused-ring (bicyclic) bond motifs is 1. The fraction of sp³-hybridized carbons (Fsp3) is 0.792. The number of hydrogen-bond acceptors (Lipinski definition) is 5. The quantitative estimate of drug-likeness (QED) is 0.569. The number of thiocarbonyl (C=S) groups is 1. The lowest BCUT2D eigenvalue weighted by Crippen LogP contribution is -2.46. The van der Waals surface area contributed by atoms with E-state index >= 15 is 0 Å². The Morgan fingerprint density at radius 1 is 0.903 bits per heavy atom. The molecule has 0 spiro atoms. The van der Waals surface area contributed by atoms with Crippen molar-refractivity contribution < 1.29 is 0 Å². The van der Waals surface area contributed by atoms with E-state index in [9.17, 15) is 0 Å². The summed E-state index contributed by atoms with van der Waals surface area (Å²) >= 11 is 5.57. The van der Waals surface area contributed by atoms with E-state index in [2.05, 4.69) is 34.9 Å². The Labute approximate surface area is 193 Å². The molecule has 3 N–H and O–H groups in total. The number of nitrogens with zero attached hydrogens (tertiary/aromatic N) is 3. The molecular formula is C24H40N6S. The zero-order chi connectivity index (χ0) is 21.6. The molecule has 2 fully saturated rings. The van der Waals surface area contributed by atoms with Crippen LogP contribution in [0.25, 0.3) is 0 Å². The summed E-state index contributed by atoms with van der Waals surface area (Å²) in [4.78, 5) is 11.9. The van der Waals surface area contributed by atoms with Gasteiger partial charge < -0.3 is 20.9 Å². The molecule has 0 unspecified atom stereocenters. The van der Waals surface area contributed by atoms with Crippen LogP contribution in [0.5, 0.6) is 0 Å². The first kappa shape index (κ1) is 22.6. The van der Waals surface area contributed by atoms with Gasteiger partial charge in [0.05, 0.1) is 5.69 Å². The molecule has 4 rings (SSSR count). The van der Waals surface area contributed by atoms with Gasteiger partial charge in [0.25, 0.3) is 0 Å². The molecule has 0 aliphatic heterocycles. The number of rotatable bonds is 6. The lowest BCUT2D eigenvalue weighted by molar-refractivity contribution is 0.353. The molecule has 31 heavy (non-hydrogen) atoms. The minimum atomic E-state index is 0.443. The Morgan fingerprint density at radius 3 is 2.35 bits per heavy atom. The standard InChI is InChI=1S/C24H40N6S/c1-30(2)22-20-10-6-7-11-21(20)28-23(29-22)26-18-12-14-19(15-13-18)27-24(31)25-16-17-8-4-3-5-9-17/h17-19H,3-16H2,1-2H3,(H2,25,27,31)(H,26,28,29)/t18-,19+. The first-order chi connectivity index (χ1) is 15.1. The highest BCUT2D eigenvalue weighted by Gasteiger charge is 2.24. The molecule has 3 aliphatic rings. The molecule has 3 aliphatic carbocycles. The average molecular weight is 445 g/mol. The molecule has 0 bridgehead atoms. The van der Waals surface area contributed by atoms with E-state index < -0.39 is 0 Å². The van der Waals surface area contributed by atoms with Crippen LogP contribution in [0.2, 0.25) is 0 Å². The van der Waals surface area contributed by atoms with Gasteiger partial charge in [0.2, 0.25) is 5.95 Å². The molecule has 1 aromatic rings. The smallest absolute Gasteiger partial charge is 0.225 e. The van der Waals surface area contributed by atoms with Gasteiger partial charge in [-0.25, -0.2) is 4.98 Å². The summed E-state index contributed by atoms with van der Waals surface area (Å²) in [5.74, 6) is 2.71. The van der Waals surface area contributed by atoms with E-state index in [4.69, 9.17) is 22.2 Å². The Bertz CT molecular complexity index is 738. The molecule has 0 saturated heterocycles. The number of hydrogen-bond donors (Lipinski definition) is 3. The molecule has 0 radical (unpaired) electrons. The Kier molecular flexibility index (Phi) is 7.86. The third kappa shape index (κ3) is 6.21. The molecular weight excluding hydrogens is 404 g/mol. The SMILES string of the molecule is CN(C)c1nc(N[C@H]2CC[C@@H](NC(=S)NCC3CCCCC3)CC2)nc2c1CCCC2. The van der Waals surface area contributed by atoms with E-state index in [1.807, 2.05) is 0 Å². The summed E-state index contributed by atoms with van der Waals surface area (Å²) in [6.45, 7) is 1.03. The number of aryl methyl sites for hydroxylation is 1. The van der Waals surface area contributed by atoms with E-state index in [1.54, 1.807) is 0 Å². The normalized spacial score (nSPS) is 24.2. The summed E-state index contributed by atoms with van der Waals surface area (Å²) < 4.78 is 0. The van der Waals surface area contributed by atoms with Gasteiger partial charge in [-0.1, -0.05) is 19.3 Å². The highest BCUT2D eigenvalue weighted by atomic mass is 32.1. The highest BCUT2D eigenvalue weighted by Crippen LogP contribution is 2.29. The van der Waals surface area contributed by atoms with Gasteiger partial charge in [-0.3, -0.25) is 0 Å². The van der Waals surface area contributed by atoms with Crippen LogP contribution in [0.15, 0.2) is 0 Å². The fourth-order valence-corrected chi connectivity index (χ4v) is 5.69. The lowest BCUT2D eigenvalue weighted by Gasteiger charge is -2.31. The Balaban J connectivity index is 1.24. The second-order valence-corrected chi connectivity index (χ2v) is 10.4. The summed E-state index contributed by atoms with van der Waals surface area (Å²) in [6, 6.07) is 0.921. The monoisotopic (exact) mass is 444 g/mol. The van der Waals surface area contributed by atoms with E-state index in [0.29, 0.717) is 12.1 Å². The van der Waals surface area contributed by atoms with Crippen molar-refractivity contribution in [2.24, 2.45) is 5.92 Å². The number of anilines is 2. The Hall–Kier alpha value is -1.63. The fourth-order valence-electron chi connectivity index (χ4n) is 5.44. The zero-order valence-corrected chi connectivity index (χ0v) is 20.2. The highest BCUT2D eigenvalue weighted by molar-refractivity contribution is 7.80. The predicted molar refractivity (Wildman–Crippen MR) is 133 cm³/mol. The molecule has 6 nitrogen and oxygen atoms in total. The van der Waals surface area contributed by atoms with Gasteiger partial charge in [0.1, 0.15) is 5.82 Å². The summed E-state index contributed by atoms with van der Waals surface area (Å²) in [7, 11) is 4.17. The lowest BCUT2D eigenvalue weighted by atomic mass is 9.89. The summed E-state index contributed by atoms with van der Waals surface area (Å²) in [5, 5.41) is 11.5. The van der Waals surface area contributed by atoms with Crippen LogP contribution in [-0.4, -0.2) is 47.8 Å². The van der Waals surface area contributed by atoms with Gasteiger partial charge in [-0.2, -0.15) is 4.98 Å². The largest absolute Gasteiger partial charge is 0.362 e. The van der Waals surface area contributed by atoms with Gasteiger partial charge in [0.15, 0.2) is 5.11 Å². The Morgan fingerprint density at radius 2 is 1.61 bits per heavy atom. The maximum Gasteiger partial charge on any atom is 0.225 e. The summed E-state index contributed by atoms with van der Waals surface area (Å²) in [6.07, 6.45) is 16.1. The maximum absolute atomic E-state index is 5.57. The minimum absolute atomic E-state index is 0.443. The average Bonchev–Trinajstić information content (AvgIpc) is 2.79. The van der Waals surface area contributed by atoms with Crippen molar-refractivity contribution in [2.75, 3.05) is 30.9 Å². The second-order valence-electron chi connectivity index (χ2n) is 9.95. The molecule has 172 valence electrons. The minimum Gasteiger partial charge on any atom is -0.362 e. The predicted octanol–water partition coefficient (Wildman–Crippen LogP) is 4.19.